The van der Waals surface area contributed by atoms with Crippen LogP contribution in [0.4, 0.5) is 0 Å². The Labute approximate surface area is 104 Å². The first-order valence-electron chi connectivity index (χ1n) is 5.73. The van der Waals surface area contributed by atoms with Crippen molar-refractivity contribution in [3.8, 4) is 11.5 Å². The van der Waals surface area contributed by atoms with Crippen molar-refractivity contribution in [1.82, 2.24) is 10.2 Å². The van der Waals surface area contributed by atoms with Gasteiger partial charge in [-0.25, -0.2) is 4.79 Å². The molecule has 5 nitrogen and oxygen atoms in total. The Hall–Kier alpha value is -2.17. The lowest BCUT2D eigenvalue weighted by molar-refractivity contribution is 0.0697. The van der Waals surface area contributed by atoms with Gasteiger partial charge >= 0.3 is 5.97 Å². The molecule has 94 valence electrons. The predicted octanol–water partition coefficient (Wildman–Crippen LogP) is 2.63. The molecule has 2 rings (SSSR count). The Morgan fingerprint density at radius 1 is 1.33 bits per heavy atom. The Bertz CT molecular complexity index is 561. The number of carboxylic acid groups (broad SMARTS) is 1. The van der Waals surface area contributed by atoms with Crippen molar-refractivity contribution in [2.75, 3.05) is 0 Å². The summed E-state index contributed by atoms with van der Waals surface area (Å²) in [6, 6.07) is 6.59. The quantitative estimate of drug-likeness (QED) is 0.897. The van der Waals surface area contributed by atoms with Crippen molar-refractivity contribution < 1.29 is 14.3 Å². The maximum absolute atomic E-state index is 11.1. The van der Waals surface area contributed by atoms with E-state index in [0.29, 0.717) is 23.8 Å². The fourth-order valence-electron chi connectivity index (χ4n) is 1.65. The van der Waals surface area contributed by atoms with Crippen LogP contribution in [0.2, 0.25) is 0 Å². The molecule has 0 radical (unpaired) electrons. The van der Waals surface area contributed by atoms with Gasteiger partial charge in [0.05, 0.1) is 11.1 Å². The van der Waals surface area contributed by atoms with Crippen LogP contribution in [0, 0.1) is 5.92 Å². The number of hydrogen-bond acceptors (Lipinski definition) is 4. The second-order valence-electron chi connectivity index (χ2n) is 4.45. The molecule has 1 heterocycles. The second kappa shape index (κ2) is 5.00. The van der Waals surface area contributed by atoms with Crippen LogP contribution in [0.25, 0.3) is 11.5 Å². The third kappa shape index (κ3) is 2.56. The number of aromatic carboxylic acids is 1. The highest BCUT2D eigenvalue weighted by molar-refractivity contribution is 5.94. The third-order valence-corrected chi connectivity index (χ3v) is 2.44. The lowest BCUT2D eigenvalue weighted by Crippen LogP contribution is -1.99. The van der Waals surface area contributed by atoms with Crippen LogP contribution in [0.3, 0.4) is 0 Å². The van der Waals surface area contributed by atoms with E-state index in [4.69, 9.17) is 9.52 Å². The van der Waals surface area contributed by atoms with E-state index in [2.05, 4.69) is 24.0 Å². The first-order chi connectivity index (χ1) is 8.58. The zero-order valence-corrected chi connectivity index (χ0v) is 10.3. The lowest BCUT2D eigenvalue weighted by Gasteiger charge is -2.00. The predicted molar refractivity (Wildman–Crippen MR) is 65.2 cm³/mol. The molecular weight excluding hydrogens is 232 g/mol. The molecule has 0 fully saturated rings. The first kappa shape index (κ1) is 12.3. The van der Waals surface area contributed by atoms with Crippen LogP contribution < -0.4 is 0 Å². The first-order valence-corrected chi connectivity index (χ1v) is 5.73. The van der Waals surface area contributed by atoms with Crippen LogP contribution in [0.15, 0.2) is 28.7 Å². The summed E-state index contributed by atoms with van der Waals surface area (Å²) in [5.74, 6) is 0.186. The molecule has 0 aliphatic rings. The molecule has 0 saturated carbocycles. The van der Waals surface area contributed by atoms with Gasteiger partial charge in [-0.05, 0) is 18.1 Å². The molecular formula is C13H14N2O3. The minimum absolute atomic E-state index is 0.164. The van der Waals surface area contributed by atoms with E-state index in [0.717, 1.165) is 0 Å². The maximum Gasteiger partial charge on any atom is 0.336 e. The van der Waals surface area contributed by atoms with Gasteiger partial charge < -0.3 is 9.52 Å². The summed E-state index contributed by atoms with van der Waals surface area (Å²) in [6.45, 7) is 4.10. The van der Waals surface area contributed by atoms with Gasteiger partial charge in [-0.3, -0.25) is 0 Å². The van der Waals surface area contributed by atoms with Crippen LogP contribution in [0.1, 0.15) is 30.1 Å². The summed E-state index contributed by atoms with van der Waals surface area (Å²) in [5.41, 5.74) is 0.616. The molecule has 0 amide bonds. The number of carbonyl (C=O) groups is 1. The van der Waals surface area contributed by atoms with Crippen molar-refractivity contribution in [3.05, 3.63) is 35.7 Å². The Morgan fingerprint density at radius 3 is 2.72 bits per heavy atom. The van der Waals surface area contributed by atoms with Gasteiger partial charge in [0, 0.05) is 6.42 Å². The molecule has 5 heteroatoms. The number of rotatable bonds is 4. The summed E-state index contributed by atoms with van der Waals surface area (Å²) in [4.78, 5) is 11.1. The minimum Gasteiger partial charge on any atom is -0.478 e. The number of benzene rings is 1. The summed E-state index contributed by atoms with van der Waals surface area (Å²) in [7, 11) is 0. The minimum atomic E-state index is -1.01. The van der Waals surface area contributed by atoms with E-state index >= 15 is 0 Å². The highest BCUT2D eigenvalue weighted by Crippen LogP contribution is 2.23. The highest BCUT2D eigenvalue weighted by Gasteiger charge is 2.16. The molecule has 0 unspecified atom stereocenters. The van der Waals surface area contributed by atoms with Gasteiger partial charge in [-0.2, -0.15) is 0 Å². The summed E-state index contributed by atoms with van der Waals surface area (Å²) < 4.78 is 5.49. The average Bonchev–Trinajstić information content (AvgIpc) is 2.76. The lowest BCUT2D eigenvalue weighted by atomic mass is 10.1. The van der Waals surface area contributed by atoms with Crippen molar-refractivity contribution in [2.24, 2.45) is 5.92 Å². The highest BCUT2D eigenvalue weighted by atomic mass is 16.4. The smallest absolute Gasteiger partial charge is 0.336 e. The molecule has 0 bridgehead atoms. The maximum atomic E-state index is 11.1. The number of hydrogen-bond donors (Lipinski definition) is 1. The zero-order chi connectivity index (χ0) is 13.1. The molecule has 0 saturated heterocycles. The Morgan fingerprint density at radius 2 is 2.06 bits per heavy atom. The SMILES string of the molecule is CC(C)Cc1nnc(-c2ccccc2C(=O)O)o1. The largest absolute Gasteiger partial charge is 0.478 e. The fourth-order valence-corrected chi connectivity index (χ4v) is 1.65. The number of carboxylic acids is 1. The Balaban J connectivity index is 2.37. The average molecular weight is 246 g/mol. The van der Waals surface area contributed by atoms with Crippen LogP contribution >= 0.6 is 0 Å². The molecule has 0 atom stereocenters. The second-order valence-corrected chi connectivity index (χ2v) is 4.45. The van der Waals surface area contributed by atoms with Gasteiger partial charge in [0.15, 0.2) is 0 Å². The van der Waals surface area contributed by atoms with E-state index < -0.39 is 5.97 Å². The van der Waals surface area contributed by atoms with E-state index in [1.165, 1.54) is 6.07 Å². The van der Waals surface area contributed by atoms with Crippen molar-refractivity contribution in [3.63, 3.8) is 0 Å². The molecule has 1 aromatic carbocycles. The van der Waals surface area contributed by atoms with E-state index in [1.54, 1.807) is 18.2 Å². The van der Waals surface area contributed by atoms with Gasteiger partial charge in [0.2, 0.25) is 11.8 Å². The van der Waals surface area contributed by atoms with Crippen molar-refractivity contribution in [2.45, 2.75) is 20.3 Å². The standard InChI is InChI=1S/C13H14N2O3/c1-8(2)7-11-14-15-12(18-11)9-5-3-4-6-10(9)13(16)17/h3-6,8H,7H2,1-2H3,(H,16,17). The number of nitrogens with zero attached hydrogens (tertiary/aromatic N) is 2. The van der Waals surface area contributed by atoms with E-state index in [1.807, 2.05) is 0 Å². The van der Waals surface area contributed by atoms with E-state index in [9.17, 15) is 4.79 Å². The van der Waals surface area contributed by atoms with Crippen LogP contribution in [0.5, 0.6) is 0 Å². The topological polar surface area (TPSA) is 76.2 Å². The molecule has 18 heavy (non-hydrogen) atoms. The molecule has 1 aromatic heterocycles. The monoisotopic (exact) mass is 246 g/mol. The van der Waals surface area contributed by atoms with Crippen LogP contribution in [-0.4, -0.2) is 21.3 Å². The molecule has 0 aliphatic heterocycles. The van der Waals surface area contributed by atoms with Gasteiger partial charge in [0.25, 0.3) is 0 Å². The normalized spacial score (nSPS) is 10.8. The fraction of sp³-hybridized carbons (Fsp3) is 0.308. The van der Waals surface area contributed by atoms with Gasteiger partial charge in [-0.15, -0.1) is 10.2 Å². The van der Waals surface area contributed by atoms with Crippen molar-refractivity contribution >= 4 is 5.97 Å². The number of aromatic nitrogens is 2. The molecule has 1 N–H and O–H groups in total. The zero-order valence-electron chi connectivity index (χ0n) is 10.3. The van der Waals surface area contributed by atoms with Gasteiger partial charge in [0.1, 0.15) is 0 Å². The third-order valence-electron chi connectivity index (χ3n) is 2.44. The van der Waals surface area contributed by atoms with Crippen molar-refractivity contribution in [1.29, 1.82) is 0 Å². The summed E-state index contributed by atoms with van der Waals surface area (Å²) in [6.07, 6.45) is 0.683. The van der Waals surface area contributed by atoms with Gasteiger partial charge in [-0.1, -0.05) is 26.0 Å². The summed E-state index contributed by atoms with van der Waals surface area (Å²) in [5, 5.41) is 16.9. The molecule has 2 aromatic rings. The molecule has 0 spiro atoms. The Kier molecular flexibility index (Phi) is 3.41. The summed E-state index contributed by atoms with van der Waals surface area (Å²) >= 11 is 0. The van der Waals surface area contributed by atoms with E-state index in [-0.39, 0.29) is 11.5 Å². The molecule has 0 aliphatic carbocycles. The van der Waals surface area contributed by atoms with Crippen LogP contribution in [-0.2, 0) is 6.42 Å².